The van der Waals surface area contributed by atoms with E-state index in [4.69, 9.17) is 92.5 Å². The molecule has 0 bridgehead atoms. The number of carboxylic acid groups (broad SMARTS) is 8. The van der Waals surface area contributed by atoms with Gasteiger partial charge in [-0.15, -0.1) is 0 Å². The first-order valence-corrected chi connectivity index (χ1v) is 20.1. The number of aliphatic carboxylic acids is 8. The Hall–Kier alpha value is -5.53. The van der Waals surface area contributed by atoms with Gasteiger partial charge in [-0.1, -0.05) is 40.5 Å². The maximum atomic E-state index is 10.3. The smallest absolute Gasteiger partial charge is 0.321 e. The van der Waals surface area contributed by atoms with Crippen molar-refractivity contribution in [3.63, 3.8) is 0 Å². The van der Waals surface area contributed by atoms with Crippen molar-refractivity contribution in [2.75, 3.05) is 12.3 Å². The van der Waals surface area contributed by atoms with Crippen molar-refractivity contribution in [3.05, 3.63) is 18.2 Å². The number of primary amides is 1. The Morgan fingerprint density at radius 2 is 1.06 bits per heavy atom. The van der Waals surface area contributed by atoms with Crippen LogP contribution in [0.2, 0.25) is 0 Å². The van der Waals surface area contributed by atoms with Crippen LogP contribution in [-0.2, 0) is 49.6 Å². The number of thiol groups is 1. The third-order valence-corrected chi connectivity index (χ3v) is 7.82. The monoisotopic (exact) mass is 963 g/mol. The fraction of sp³-hybridized carbons (Fsp3) is 0.667. The van der Waals surface area contributed by atoms with Gasteiger partial charge >= 0.3 is 47.8 Å². The molecular weight excluding hydrogens is 891 g/mol. The molecule has 0 aliphatic rings. The van der Waals surface area contributed by atoms with Crippen molar-refractivity contribution < 1.29 is 84.0 Å². The average molecular weight is 964 g/mol. The van der Waals surface area contributed by atoms with Gasteiger partial charge < -0.3 is 97.4 Å². The minimum Gasteiger partial charge on any atom is -0.481 e. The van der Waals surface area contributed by atoms with Crippen LogP contribution in [0.25, 0.3) is 0 Å². The predicted octanol–water partition coefficient (Wildman–Crippen LogP) is -3.35. The van der Waals surface area contributed by atoms with Gasteiger partial charge in [0.1, 0.15) is 42.3 Å². The normalized spacial score (nSPS) is 13.5. The van der Waals surface area contributed by atoms with Gasteiger partial charge in [0, 0.05) is 30.5 Å². The van der Waals surface area contributed by atoms with Crippen LogP contribution in [0.1, 0.15) is 84.8 Å². The average Bonchev–Trinajstić information content (AvgIpc) is 3.72. The first kappa shape index (κ1) is 71.1. The lowest BCUT2D eigenvalue weighted by Crippen LogP contribution is -2.36. The van der Waals surface area contributed by atoms with Crippen LogP contribution in [0, 0.1) is 11.8 Å². The van der Waals surface area contributed by atoms with Crippen LogP contribution in [0.4, 0.5) is 0 Å². The van der Waals surface area contributed by atoms with Gasteiger partial charge in [-0.05, 0) is 44.1 Å². The van der Waals surface area contributed by atoms with Crippen LogP contribution in [0.15, 0.2) is 12.5 Å². The van der Waals surface area contributed by atoms with E-state index in [0.29, 0.717) is 25.3 Å². The van der Waals surface area contributed by atoms with Crippen molar-refractivity contribution in [1.82, 2.24) is 9.97 Å². The zero-order valence-corrected chi connectivity index (χ0v) is 37.9. The second-order valence-corrected chi connectivity index (χ2v) is 14.3. The molecule has 0 radical (unpaired) electrons. The summed E-state index contributed by atoms with van der Waals surface area (Å²) >= 11 is 3.65. The van der Waals surface area contributed by atoms with Crippen LogP contribution in [0.3, 0.4) is 0 Å². The van der Waals surface area contributed by atoms with Crippen LogP contribution < -0.4 is 51.6 Å². The molecule has 28 nitrogen and oxygen atoms in total. The number of nitrogens with two attached hydrogens (primary N) is 9. The van der Waals surface area contributed by atoms with E-state index in [9.17, 15) is 43.2 Å². The number of nitrogens with zero attached hydrogens (tertiary/aromatic N) is 1. The van der Waals surface area contributed by atoms with Crippen molar-refractivity contribution in [2.24, 2.45) is 63.4 Å². The SMILES string of the molecule is CC(C)C[C@H](N)C(=O)O.CC[C@H](C)[C@H](N)C(=O)O.NC(=O)CC[C@H](N)C(=O)O.NCCCC[C@H](N)C(=O)O.N[C@@H](CC(=O)O)C(=O)O.N[C@@H](CS)C(=O)O.N[C@@H](Cc1cnc[nH]1)C(=O)O. The number of imidazole rings is 1. The van der Waals surface area contributed by atoms with Crippen LogP contribution >= 0.6 is 12.6 Å². The molecule has 1 aromatic rings. The molecule has 1 heterocycles. The highest BCUT2D eigenvalue weighted by molar-refractivity contribution is 7.80. The van der Waals surface area contributed by atoms with E-state index >= 15 is 0 Å². The summed E-state index contributed by atoms with van der Waals surface area (Å²) in [7, 11) is 0. The van der Waals surface area contributed by atoms with Crippen molar-refractivity contribution in [1.29, 1.82) is 0 Å². The molecular formula is C36H73N11O17S. The number of amides is 1. The molecule has 1 rings (SSSR count). The largest absolute Gasteiger partial charge is 0.481 e. The summed E-state index contributed by atoms with van der Waals surface area (Å²) in [5.41, 5.74) is 46.5. The molecule has 0 aliphatic carbocycles. The second-order valence-electron chi connectivity index (χ2n) is 13.9. The van der Waals surface area contributed by atoms with E-state index in [-0.39, 0.29) is 30.9 Å². The van der Waals surface area contributed by atoms with E-state index in [1.165, 1.54) is 6.33 Å². The second kappa shape index (κ2) is 43.7. The van der Waals surface area contributed by atoms with Crippen molar-refractivity contribution >= 4 is 66.3 Å². The number of unbranched alkanes of at least 4 members (excludes halogenated alkanes) is 1. The number of aromatic nitrogens is 2. The Labute approximate surface area is 381 Å². The molecule has 1 aromatic heterocycles. The maximum absolute atomic E-state index is 10.3. The number of H-pyrrole nitrogens is 1. The summed E-state index contributed by atoms with van der Waals surface area (Å²) in [4.78, 5) is 96.7. The summed E-state index contributed by atoms with van der Waals surface area (Å²) in [5.74, 6) is -8.28. The summed E-state index contributed by atoms with van der Waals surface area (Å²) in [6, 6.07) is -6.04. The number of carbonyl (C=O) groups excluding carboxylic acids is 1. The van der Waals surface area contributed by atoms with Crippen molar-refractivity contribution in [2.45, 2.75) is 128 Å². The molecule has 0 saturated carbocycles. The number of nitrogens with one attached hydrogen (secondary N) is 1. The lowest BCUT2D eigenvalue weighted by Gasteiger charge is -2.11. The zero-order valence-electron chi connectivity index (χ0n) is 37.0. The van der Waals surface area contributed by atoms with Crippen LogP contribution in [-0.4, -0.2) is 159 Å². The number of aromatic amines is 1. The third-order valence-electron chi connectivity index (χ3n) is 7.43. The Bertz CT molecular complexity index is 1500. The standard InChI is InChI=1S/C6H9N3O2.C6H14N2O2.2C6H13NO2.C5H10N2O3.C4H7NO4.C3H7NO2S/c7-5(6(10)11)1-4-2-8-3-9-4;7-4-2-1-3-5(8)6(9)10;1-4(2)3-5(7)6(8)9;1-3-4(2)5(7)6(8)9;6-3(5(9)10)1-2-4(7)8;5-2(4(8)9)1-3(6)7;4-2(1-7)3(5)6/h2-3,5H,1,7H2,(H,8,9)(H,10,11);5H,1-4,7-8H2,(H,9,10);2*4-5H,3,7H2,1-2H3,(H,8,9);3H,1-2,6H2,(H2,7,8)(H,9,10);2H,1,5H2,(H,6,7)(H,8,9);2,7H,1,4H2,(H,5,6)/t3*5-;4-,5-;3-;2*2-/m0000000/s1. The van der Waals surface area contributed by atoms with Crippen molar-refractivity contribution in [3.8, 4) is 0 Å². The molecule has 29 heteroatoms. The summed E-state index contributed by atoms with van der Waals surface area (Å²) in [6.45, 7) is 8.25. The number of rotatable bonds is 23. The van der Waals surface area contributed by atoms with E-state index in [1.54, 1.807) is 6.20 Å². The predicted molar refractivity (Wildman–Crippen MR) is 238 cm³/mol. The highest BCUT2D eigenvalue weighted by Gasteiger charge is 2.18. The Balaban J connectivity index is -0.000000157. The van der Waals surface area contributed by atoms with E-state index in [1.807, 2.05) is 27.7 Å². The van der Waals surface area contributed by atoms with Gasteiger partial charge in [-0.3, -0.25) is 43.2 Å². The quantitative estimate of drug-likeness (QED) is 0.0376. The Morgan fingerprint density at radius 3 is 1.29 bits per heavy atom. The van der Waals surface area contributed by atoms with Gasteiger partial charge in [0.2, 0.25) is 5.91 Å². The number of carbonyl (C=O) groups is 9. The summed E-state index contributed by atoms with van der Waals surface area (Å²) in [5, 5.41) is 65.7. The van der Waals surface area contributed by atoms with Crippen LogP contribution in [0.5, 0.6) is 0 Å². The third kappa shape index (κ3) is 52.7. The molecule has 0 aliphatic heterocycles. The molecule has 0 fully saturated rings. The molecule has 380 valence electrons. The molecule has 27 N–H and O–H groups in total. The van der Waals surface area contributed by atoms with E-state index in [2.05, 4.69) is 22.6 Å². The van der Waals surface area contributed by atoms with E-state index < -0.39 is 102 Å². The lowest BCUT2D eigenvalue weighted by molar-refractivity contribution is -0.144. The molecule has 0 aromatic carbocycles. The lowest BCUT2D eigenvalue weighted by atomic mass is 10.0. The van der Waals surface area contributed by atoms with Gasteiger partial charge in [0.15, 0.2) is 0 Å². The highest BCUT2D eigenvalue weighted by Crippen LogP contribution is 2.04. The number of carboxylic acids is 8. The first-order valence-electron chi connectivity index (χ1n) is 19.4. The molecule has 0 unspecified atom stereocenters. The highest BCUT2D eigenvalue weighted by atomic mass is 32.1. The minimum absolute atomic E-state index is 0.0213. The molecule has 1 amide bonds. The van der Waals surface area contributed by atoms with Gasteiger partial charge in [0.25, 0.3) is 0 Å². The number of hydrogen-bond acceptors (Lipinski definition) is 19. The molecule has 0 spiro atoms. The van der Waals surface area contributed by atoms with E-state index in [0.717, 1.165) is 25.0 Å². The summed E-state index contributed by atoms with van der Waals surface area (Å²) < 4.78 is 0. The maximum Gasteiger partial charge on any atom is 0.321 e. The number of hydrogen-bond donors (Lipinski definition) is 19. The Morgan fingerprint density at radius 1 is 0.631 bits per heavy atom. The Kier molecular flexibility index (Phi) is 47.8. The topological polar surface area (TPSA) is 578 Å². The van der Waals surface area contributed by atoms with Gasteiger partial charge in [-0.2, -0.15) is 12.6 Å². The minimum atomic E-state index is -1.29. The summed E-state index contributed by atoms with van der Waals surface area (Å²) in [6.07, 6.45) is 6.45. The molecule has 8 atom stereocenters. The molecule has 65 heavy (non-hydrogen) atoms. The van der Waals surface area contributed by atoms with Gasteiger partial charge in [0.05, 0.1) is 12.7 Å². The first-order chi connectivity index (χ1) is 29.8. The fourth-order valence-corrected chi connectivity index (χ4v) is 3.39. The fourth-order valence-electron chi connectivity index (χ4n) is 3.23. The molecule has 0 saturated heterocycles. The zero-order chi connectivity index (χ0) is 52.6. The van der Waals surface area contributed by atoms with Gasteiger partial charge in [-0.25, -0.2) is 4.98 Å².